The zero-order valence-corrected chi connectivity index (χ0v) is 13.3. The second-order valence-electron chi connectivity index (χ2n) is 6.51. The minimum absolute atomic E-state index is 0.106. The standard InChI is InChI=1S/C21H19NO/c1-21(2)17-10-6-7-11-19(17)22(15-8-4-3-5-9-15)20-14-16(23)12-13-18(20)21/h3-14,23H,1-2H3. The van der Waals surface area contributed by atoms with Gasteiger partial charge in [-0.25, -0.2) is 0 Å². The lowest BCUT2D eigenvalue weighted by molar-refractivity contribution is 0.474. The highest BCUT2D eigenvalue weighted by atomic mass is 16.3. The van der Waals surface area contributed by atoms with E-state index in [2.05, 4.69) is 55.1 Å². The van der Waals surface area contributed by atoms with Gasteiger partial charge in [0.1, 0.15) is 5.75 Å². The Bertz CT molecular complexity index is 868. The lowest BCUT2D eigenvalue weighted by Gasteiger charge is -2.42. The van der Waals surface area contributed by atoms with Crippen LogP contribution in [0.1, 0.15) is 25.0 Å². The van der Waals surface area contributed by atoms with Crippen LogP contribution in [0, 0.1) is 0 Å². The molecule has 1 aliphatic rings. The highest BCUT2D eigenvalue weighted by Gasteiger charge is 2.36. The predicted octanol–water partition coefficient (Wildman–Crippen LogP) is 5.50. The average Bonchev–Trinajstić information content (AvgIpc) is 2.56. The van der Waals surface area contributed by atoms with E-state index in [1.165, 1.54) is 16.8 Å². The summed E-state index contributed by atoms with van der Waals surface area (Å²) in [4.78, 5) is 2.23. The SMILES string of the molecule is CC1(C)c2ccccc2N(c2ccccc2)c2cc(O)ccc21. The number of hydrogen-bond acceptors (Lipinski definition) is 2. The average molecular weight is 301 g/mol. The van der Waals surface area contributed by atoms with Gasteiger partial charge in [0.05, 0.1) is 11.4 Å². The molecule has 0 bridgehead atoms. The second-order valence-corrected chi connectivity index (χ2v) is 6.51. The van der Waals surface area contributed by atoms with Crippen molar-refractivity contribution in [1.29, 1.82) is 0 Å². The third-order valence-corrected chi connectivity index (χ3v) is 4.73. The highest BCUT2D eigenvalue weighted by Crippen LogP contribution is 2.52. The van der Waals surface area contributed by atoms with Crippen LogP contribution in [0.5, 0.6) is 5.75 Å². The van der Waals surface area contributed by atoms with Crippen molar-refractivity contribution in [2.75, 3.05) is 4.90 Å². The summed E-state index contributed by atoms with van der Waals surface area (Å²) in [5.74, 6) is 0.292. The monoisotopic (exact) mass is 301 g/mol. The quantitative estimate of drug-likeness (QED) is 0.641. The zero-order valence-electron chi connectivity index (χ0n) is 13.3. The fourth-order valence-electron chi connectivity index (χ4n) is 3.56. The van der Waals surface area contributed by atoms with Gasteiger partial charge in [-0.05, 0) is 35.4 Å². The van der Waals surface area contributed by atoms with Gasteiger partial charge in [-0.15, -0.1) is 0 Å². The van der Waals surface area contributed by atoms with E-state index < -0.39 is 0 Å². The number of hydrogen-bond donors (Lipinski definition) is 1. The summed E-state index contributed by atoms with van der Waals surface area (Å²) in [6, 6.07) is 24.5. The van der Waals surface area contributed by atoms with Crippen molar-refractivity contribution in [3.05, 3.63) is 83.9 Å². The number of fused-ring (bicyclic) bond motifs is 2. The Morgan fingerprint density at radius 2 is 1.39 bits per heavy atom. The third-order valence-electron chi connectivity index (χ3n) is 4.73. The van der Waals surface area contributed by atoms with E-state index in [0.717, 1.165) is 11.4 Å². The number of anilines is 3. The molecule has 4 rings (SSSR count). The van der Waals surface area contributed by atoms with Crippen molar-refractivity contribution in [3.8, 4) is 5.75 Å². The first-order valence-corrected chi connectivity index (χ1v) is 7.87. The predicted molar refractivity (Wildman–Crippen MR) is 94.9 cm³/mol. The Labute approximate surface area is 136 Å². The molecule has 114 valence electrons. The lowest BCUT2D eigenvalue weighted by atomic mass is 9.73. The minimum Gasteiger partial charge on any atom is -0.508 e. The van der Waals surface area contributed by atoms with Crippen LogP contribution in [0.3, 0.4) is 0 Å². The first kappa shape index (κ1) is 13.9. The van der Waals surface area contributed by atoms with E-state index in [-0.39, 0.29) is 5.41 Å². The summed E-state index contributed by atoms with van der Waals surface area (Å²) in [6.07, 6.45) is 0. The van der Waals surface area contributed by atoms with Crippen LogP contribution in [0.2, 0.25) is 0 Å². The number of benzene rings is 3. The van der Waals surface area contributed by atoms with E-state index in [9.17, 15) is 5.11 Å². The number of phenolic OH excluding ortho intramolecular Hbond substituents is 1. The van der Waals surface area contributed by atoms with Gasteiger partial charge < -0.3 is 10.0 Å². The van der Waals surface area contributed by atoms with Gasteiger partial charge in [-0.1, -0.05) is 56.3 Å². The molecule has 1 aliphatic heterocycles. The van der Waals surface area contributed by atoms with Gasteiger partial charge >= 0.3 is 0 Å². The Hall–Kier alpha value is -2.74. The van der Waals surface area contributed by atoms with E-state index in [1.807, 2.05) is 30.3 Å². The molecule has 0 amide bonds. The Balaban J connectivity index is 2.06. The van der Waals surface area contributed by atoms with Crippen LogP contribution in [0.15, 0.2) is 72.8 Å². The smallest absolute Gasteiger partial charge is 0.117 e. The normalized spacial score (nSPS) is 15.0. The summed E-state index contributed by atoms with van der Waals surface area (Å²) in [5, 5.41) is 10.0. The van der Waals surface area contributed by atoms with Crippen LogP contribution in [-0.4, -0.2) is 5.11 Å². The molecule has 0 atom stereocenters. The molecule has 0 unspecified atom stereocenters. The molecule has 0 spiro atoms. The topological polar surface area (TPSA) is 23.5 Å². The molecule has 1 N–H and O–H groups in total. The van der Waals surface area contributed by atoms with Crippen molar-refractivity contribution in [2.45, 2.75) is 19.3 Å². The second kappa shape index (κ2) is 4.88. The van der Waals surface area contributed by atoms with Gasteiger partial charge in [0, 0.05) is 17.2 Å². The Morgan fingerprint density at radius 1 is 0.739 bits per heavy atom. The van der Waals surface area contributed by atoms with Gasteiger partial charge in [-0.2, -0.15) is 0 Å². The summed E-state index contributed by atoms with van der Waals surface area (Å²) < 4.78 is 0. The molecule has 2 nitrogen and oxygen atoms in total. The maximum Gasteiger partial charge on any atom is 0.117 e. The first-order valence-electron chi connectivity index (χ1n) is 7.87. The van der Waals surface area contributed by atoms with E-state index in [0.29, 0.717) is 5.75 Å². The van der Waals surface area contributed by atoms with Crippen LogP contribution in [0.25, 0.3) is 0 Å². The molecule has 0 saturated heterocycles. The van der Waals surface area contributed by atoms with Crippen LogP contribution in [-0.2, 0) is 5.41 Å². The van der Waals surface area contributed by atoms with Crippen molar-refractivity contribution >= 4 is 17.1 Å². The van der Waals surface area contributed by atoms with Crippen molar-refractivity contribution in [3.63, 3.8) is 0 Å². The van der Waals surface area contributed by atoms with Gasteiger partial charge in [0.15, 0.2) is 0 Å². The maximum absolute atomic E-state index is 10.0. The lowest BCUT2D eigenvalue weighted by Crippen LogP contribution is -2.30. The fourth-order valence-corrected chi connectivity index (χ4v) is 3.56. The molecule has 0 radical (unpaired) electrons. The molecule has 23 heavy (non-hydrogen) atoms. The maximum atomic E-state index is 10.0. The summed E-state index contributed by atoms with van der Waals surface area (Å²) in [7, 11) is 0. The molecule has 0 aromatic heterocycles. The van der Waals surface area contributed by atoms with E-state index >= 15 is 0 Å². The molecule has 0 fully saturated rings. The van der Waals surface area contributed by atoms with Gasteiger partial charge in [0.2, 0.25) is 0 Å². The van der Waals surface area contributed by atoms with Crippen molar-refractivity contribution < 1.29 is 5.11 Å². The number of nitrogens with zero attached hydrogens (tertiary/aromatic N) is 1. The molecule has 0 aliphatic carbocycles. The first-order chi connectivity index (χ1) is 11.1. The molecule has 1 heterocycles. The number of phenols is 1. The van der Waals surface area contributed by atoms with Gasteiger partial charge in [0.25, 0.3) is 0 Å². The highest BCUT2D eigenvalue weighted by molar-refractivity contribution is 5.86. The minimum atomic E-state index is -0.106. The molecule has 0 saturated carbocycles. The Kier molecular flexibility index (Phi) is 2.95. The van der Waals surface area contributed by atoms with Gasteiger partial charge in [-0.3, -0.25) is 0 Å². The molecule has 3 aromatic rings. The zero-order chi connectivity index (χ0) is 16.0. The molecule has 2 heteroatoms. The third kappa shape index (κ3) is 2.02. The summed E-state index contributed by atoms with van der Waals surface area (Å²) in [6.45, 7) is 4.48. The van der Waals surface area contributed by atoms with E-state index in [1.54, 1.807) is 6.07 Å². The number of rotatable bonds is 1. The summed E-state index contributed by atoms with van der Waals surface area (Å²) in [5.41, 5.74) is 5.72. The summed E-state index contributed by atoms with van der Waals surface area (Å²) >= 11 is 0. The molecular weight excluding hydrogens is 282 g/mol. The van der Waals surface area contributed by atoms with Crippen LogP contribution in [0.4, 0.5) is 17.1 Å². The number of para-hydroxylation sites is 2. The largest absolute Gasteiger partial charge is 0.508 e. The van der Waals surface area contributed by atoms with Crippen molar-refractivity contribution in [1.82, 2.24) is 0 Å². The van der Waals surface area contributed by atoms with Crippen LogP contribution < -0.4 is 4.90 Å². The molecular formula is C21H19NO. The van der Waals surface area contributed by atoms with Crippen LogP contribution >= 0.6 is 0 Å². The number of aromatic hydroxyl groups is 1. The van der Waals surface area contributed by atoms with Crippen molar-refractivity contribution in [2.24, 2.45) is 0 Å². The van der Waals surface area contributed by atoms with E-state index in [4.69, 9.17) is 0 Å². The Morgan fingerprint density at radius 3 is 2.17 bits per heavy atom. The fraction of sp³-hybridized carbons (Fsp3) is 0.143. The molecule has 3 aromatic carbocycles.